The summed E-state index contributed by atoms with van der Waals surface area (Å²) in [4.78, 5) is 16.0. The lowest BCUT2D eigenvalue weighted by Gasteiger charge is -2.29. The van der Waals surface area contributed by atoms with Gasteiger partial charge in [0.15, 0.2) is 0 Å². The molecule has 25 heavy (non-hydrogen) atoms. The Kier molecular flexibility index (Phi) is 7.31. The van der Waals surface area contributed by atoms with Gasteiger partial charge in [0, 0.05) is 17.1 Å². The second-order valence-electron chi connectivity index (χ2n) is 6.45. The molecule has 0 radical (unpaired) electrons. The zero-order valence-corrected chi connectivity index (χ0v) is 16.3. The molecule has 4 nitrogen and oxygen atoms in total. The fourth-order valence-electron chi connectivity index (χ4n) is 2.55. The van der Waals surface area contributed by atoms with Gasteiger partial charge in [0.1, 0.15) is 5.75 Å². The number of anilines is 1. The highest BCUT2D eigenvalue weighted by Gasteiger charge is 2.22. The lowest BCUT2D eigenvalue weighted by atomic mass is 10.1. The number of hydrogen-bond donors (Lipinski definition) is 1. The number of rotatable bonds is 8. The maximum absolute atomic E-state index is 12.9. The topological polar surface area (TPSA) is 41.6 Å². The predicted molar refractivity (Wildman–Crippen MR) is 106 cm³/mol. The summed E-state index contributed by atoms with van der Waals surface area (Å²) in [6.45, 7) is 9.77. The first-order valence-electron chi connectivity index (χ1n) is 8.85. The SMILES string of the molecule is CCOc1ccc(NC(=O)N(CCC(C)C)C(C)c2cccs2)cc1. The standard InChI is InChI=1S/C20H28N2O2S/c1-5-24-18-10-8-17(9-11-18)21-20(23)22(13-12-15(2)3)16(4)19-7-6-14-25-19/h6-11,14-16H,5,12-13H2,1-4H3,(H,21,23). The average Bonchev–Trinajstić information content (AvgIpc) is 3.11. The highest BCUT2D eigenvalue weighted by atomic mass is 32.1. The number of hydrogen-bond acceptors (Lipinski definition) is 3. The van der Waals surface area contributed by atoms with Crippen LogP contribution in [0.5, 0.6) is 5.75 Å². The summed E-state index contributed by atoms with van der Waals surface area (Å²) in [7, 11) is 0. The van der Waals surface area contributed by atoms with E-state index >= 15 is 0 Å². The maximum atomic E-state index is 12.9. The number of amides is 2. The second-order valence-corrected chi connectivity index (χ2v) is 7.43. The van der Waals surface area contributed by atoms with E-state index in [9.17, 15) is 4.79 Å². The van der Waals surface area contributed by atoms with E-state index in [2.05, 4.69) is 37.5 Å². The van der Waals surface area contributed by atoms with E-state index in [4.69, 9.17) is 4.74 Å². The van der Waals surface area contributed by atoms with Gasteiger partial charge in [0.25, 0.3) is 0 Å². The number of ether oxygens (including phenoxy) is 1. The van der Waals surface area contributed by atoms with E-state index in [-0.39, 0.29) is 12.1 Å². The molecular weight excluding hydrogens is 332 g/mol. The molecule has 0 spiro atoms. The molecule has 0 aliphatic carbocycles. The minimum atomic E-state index is -0.0642. The van der Waals surface area contributed by atoms with Crippen molar-refractivity contribution < 1.29 is 9.53 Å². The van der Waals surface area contributed by atoms with Crippen molar-refractivity contribution >= 4 is 23.1 Å². The molecule has 1 aromatic heterocycles. The summed E-state index contributed by atoms with van der Waals surface area (Å²) in [5.74, 6) is 1.36. The molecule has 0 saturated heterocycles. The Hall–Kier alpha value is -2.01. The first-order chi connectivity index (χ1) is 12.0. The zero-order valence-electron chi connectivity index (χ0n) is 15.5. The minimum Gasteiger partial charge on any atom is -0.494 e. The van der Waals surface area contributed by atoms with Crippen LogP contribution in [0.4, 0.5) is 10.5 Å². The van der Waals surface area contributed by atoms with E-state index < -0.39 is 0 Å². The van der Waals surface area contributed by atoms with E-state index in [1.54, 1.807) is 11.3 Å². The third-order valence-electron chi connectivity index (χ3n) is 4.05. The first kappa shape index (κ1) is 19.3. The molecule has 0 bridgehead atoms. The largest absolute Gasteiger partial charge is 0.494 e. The van der Waals surface area contributed by atoms with Gasteiger partial charge in [-0.3, -0.25) is 0 Å². The molecule has 0 saturated carbocycles. The fraction of sp³-hybridized carbons (Fsp3) is 0.450. The number of nitrogens with one attached hydrogen (secondary N) is 1. The normalized spacial score (nSPS) is 12.0. The zero-order chi connectivity index (χ0) is 18.2. The van der Waals surface area contributed by atoms with Gasteiger partial charge in [-0.25, -0.2) is 4.79 Å². The number of carbonyl (C=O) groups excluding carboxylic acids is 1. The van der Waals surface area contributed by atoms with Crippen molar-refractivity contribution in [3.05, 3.63) is 46.7 Å². The van der Waals surface area contributed by atoms with E-state index in [1.165, 1.54) is 4.88 Å². The third kappa shape index (κ3) is 5.78. The summed E-state index contributed by atoms with van der Waals surface area (Å²) in [6, 6.07) is 11.6. The van der Waals surface area contributed by atoms with Crippen LogP contribution in [0.15, 0.2) is 41.8 Å². The quantitative estimate of drug-likeness (QED) is 0.647. The molecule has 0 fully saturated rings. The third-order valence-corrected chi connectivity index (χ3v) is 5.09. The number of thiophene rings is 1. The van der Waals surface area contributed by atoms with Crippen LogP contribution in [-0.4, -0.2) is 24.1 Å². The summed E-state index contributed by atoms with van der Waals surface area (Å²) >= 11 is 1.69. The van der Waals surface area contributed by atoms with Crippen LogP contribution >= 0.6 is 11.3 Å². The van der Waals surface area contributed by atoms with Gasteiger partial charge >= 0.3 is 6.03 Å². The Bertz CT molecular complexity index is 638. The smallest absolute Gasteiger partial charge is 0.322 e. The summed E-state index contributed by atoms with van der Waals surface area (Å²) in [6.07, 6.45) is 0.979. The summed E-state index contributed by atoms with van der Waals surface area (Å²) < 4.78 is 5.44. The van der Waals surface area contributed by atoms with E-state index in [0.29, 0.717) is 12.5 Å². The maximum Gasteiger partial charge on any atom is 0.322 e. The molecule has 2 aromatic rings. The van der Waals surface area contributed by atoms with Crippen molar-refractivity contribution in [2.75, 3.05) is 18.5 Å². The Morgan fingerprint density at radius 1 is 1.20 bits per heavy atom. The summed E-state index contributed by atoms with van der Waals surface area (Å²) in [5, 5.41) is 5.07. The van der Waals surface area contributed by atoms with Crippen LogP contribution < -0.4 is 10.1 Å². The molecule has 1 aromatic carbocycles. The van der Waals surface area contributed by atoms with Crippen LogP contribution in [0.1, 0.15) is 45.0 Å². The molecule has 1 atom stereocenters. The Morgan fingerprint density at radius 3 is 2.48 bits per heavy atom. The van der Waals surface area contributed by atoms with Crippen LogP contribution in [0.25, 0.3) is 0 Å². The van der Waals surface area contributed by atoms with Gasteiger partial charge in [-0.2, -0.15) is 0 Å². The van der Waals surface area contributed by atoms with Crippen molar-refractivity contribution in [2.45, 2.75) is 40.2 Å². The second kappa shape index (κ2) is 9.47. The Balaban J connectivity index is 2.08. The molecule has 0 aliphatic rings. The van der Waals surface area contributed by atoms with Crippen LogP contribution in [0.2, 0.25) is 0 Å². The Morgan fingerprint density at radius 2 is 1.92 bits per heavy atom. The van der Waals surface area contributed by atoms with Gasteiger partial charge in [-0.1, -0.05) is 19.9 Å². The van der Waals surface area contributed by atoms with E-state index in [0.717, 1.165) is 24.4 Å². The first-order valence-corrected chi connectivity index (χ1v) is 9.73. The van der Waals surface area contributed by atoms with Gasteiger partial charge < -0.3 is 15.0 Å². The number of carbonyl (C=O) groups is 1. The molecule has 5 heteroatoms. The summed E-state index contributed by atoms with van der Waals surface area (Å²) in [5.41, 5.74) is 0.779. The van der Waals surface area contributed by atoms with Crippen molar-refractivity contribution in [3.8, 4) is 5.75 Å². The highest BCUT2D eigenvalue weighted by molar-refractivity contribution is 7.10. The van der Waals surface area contributed by atoms with E-state index in [1.807, 2.05) is 42.2 Å². The van der Waals surface area contributed by atoms with Gasteiger partial charge in [0.05, 0.1) is 12.6 Å². The van der Waals surface area contributed by atoms with Crippen molar-refractivity contribution in [1.29, 1.82) is 0 Å². The van der Waals surface area contributed by atoms with Crippen molar-refractivity contribution in [3.63, 3.8) is 0 Å². The molecule has 136 valence electrons. The number of nitrogens with zero attached hydrogens (tertiary/aromatic N) is 1. The van der Waals surface area contributed by atoms with Crippen LogP contribution in [-0.2, 0) is 0 Å². The molecule has 2 rings (SSSR count). The van der Waals surface area contributed by atoms with Crippen molar-refractivity contribution in [1.82, 2.24) is 4.90 Å². The Labute approximate surface area is 154 Å². The lowest BCUT2D eigenvalue weighted by Crippen LogP contribution is -2.38. The van der Waals surface area contributed by atoms with Crippen LogP contribution in [0, 0.1) is 5.92 Å². The fourth-order valence-corrected chi connectivity index (χ4v) is 3.34. The number of benzene rings is 1. The molecule has 1 unspecified atom stereocenters. The molecular formula is C20H28N2O2S. The molecule has 1 heterocycles. The van der Waals surface area contributed by atoms with Crippen LogP contribution in [0.3, 0.4) is 0 Å². The monoisotopic (exact) mass is 360 g/mol. The average molecular weight is 361 g/mol. The number of urea groups is 1. The lowest BCUT2D eigenvalue weighted by molar-refractivity contribution is 0.190. The predicted octanol–water partition coefficient (Wildman–Crippen LogP) is 5.79. The minimum absolute atomic E-state index is 0.0569. The molecule has 0 aliphatic heterocycles. The highest BCUT2D eigenvalue weighted by Crippen LogP contribution is 2.26. The molecule has 2 amide bonds. The van der Waals surface area contributed by atoms with Gasteiger partial charge in [-0.05, 0) is 61.9 Å². The van der Waals surface area contributed by atoms with Gasteiger partial charge in [-0.15, -0.1) is 11.3 Å². The van der Waals surface area contributed by atoms with Crippen molar-refractivity contribution in [2.24, 2.45) is 5.92 Å². The van der Waals surface area contributed by atoms with Gasteiger partial charge in [0.2, 0.25) is 0 Å². The molecule has 1 N–H and O–H groups in total.